The third-order valence-electron chi connectivity index (χ3n) is 5.68. The lowest BCUT2D eigenvalue weighted by atomic mass is 9.44. The Hall–Kier alpha value is -1.16. The van der Waals surface area contributed by atoms with Crippen molar-refractivity contribution in [3.05, 3.63) is 17.4 Å². The van der Waals surface area contributed by atoms with E-state index in [4.69, 9.17) is 11.6 Å². The fraction of sp³-hybridized carbons (Fsp3) is 0.688. The standard InChI is InChI=1S/C16H20ClN3O/c1-15-5-10-4-11(6-15)8-16(7-10,9-15)13(21)20-14-18-3-2-12(17)19-14/h2-3,10-11H,4-9H2,1H3,(H,18,19,20,21). The van der Waals surface area contributed by atoms with Crippen molar-refractivity contribution in [2.75, 3.05) is 5.32 Å². The van der Waals surface area contributed by atoms with E-state index in [2.05, 4.69) is 22.2 Å². The highest BCUT2D eigenvalue weighted by Gasteiger charge is 2.58. The molecule has 4 nitrogen and oxygen atoms in total. The van der Waals surface area contributed by atoms with Crippen LogP contribution in [0, 0.1) is 22.7 Å². The zero-order valence-electron chi connectivity index (χ0n) is 12.2. The summed E-state index contributed by atoms with van der Waals surface area (Å²) in [5.41, 5.74) is 0.154. The van der Waals surface area contributed by atoms with E-state index >= 15 is 0 Å². The minimum absolute atomic E-state index is 0.102. The van der Waals surface area contributed by atoms with Gasteiger partial charge in [-0.05, 0) is 61.8 Å². The molecule has 4 aliphatic rings. The number of carbonyl (C=O) groups excluding carboxylic acids is 1. The van der Waals surface area contributed by atoms with Crippen molar-refractivity contribution in [1.29, 1.82) is 0 Å². The molecule has 4 aliphatic carbocycles. The molecule has 5 rings (SSSR count). The number of hydrogen-bond donors (Lipinski definition) is 1. The maximum atomic E-state index is 12.9. The summed E-state index contributed by atoms with van der Waals surface area (Å²) in [6, 6.07) is 1.61. The Bertz CT molecular complexity index is 589. The fourth-order valence-electron chi connectivity index (χ4n) is 5.62. The van der Waals surface area contributed by atoms with Crippen molar-refractivity contribution in [2.45, 2.75) is 45.4 Å². The minimum atomic E-state index is -0.204. The molecular formula is C16H20ClN3O. The van der Waals surface area contributed by atoms with Crippen LogP contribution in [0.25, 0.3) is 0 Å². The Kier molecular flexibility index (Phi) is 2.84. The third-order valence-corrected chi connectivity index (χ3v) is 5.89. The molecule has 1 aromatic rings. The number of nitrogens with one attached hydrogen (secondary N) is 1. The Morgan fingerprint density at radius 1 is 1.33 bits per heavy atom. The molecule has 4 bridgehead atoms. The van der Waals surface area contributed by atoms with E-state index < -0.39 is 0 Å². The second kappa shape index (κ2) is 4.42. The van der Waals surface area contributed by atoms with E-state index in [1.807, 2.05) is 0 Å². The molecule has 2 unspecified atom stereocenters. The average molecular weight is 306 g/mol. The summed E-state index contributed by atoms with van der Waals surface area (Å²) in [6.07, 6.45) is 8.57. The van der Waals surface area contributed by atoms with E-state index in [1.165, 1.54) is 19.3 Å². The highest BCUT2D eigenvalue weighted by atomic mass is 35.5. The van der Waals surface area contributed by atoms with Gasteiger partial charge in [-0.1, -0.05) is 18.5 Å². The zero-order valence-corrected chi connectivity index (χ0v) is 13.0. The summed E-state index contributed by atoms with van der Waals surface area (Å²) in [6.45, 7) is 2.36. The van der Waals surface area contributed by atoms with Gasteiger partial charge in [-0.15, -0.1) is 0 Å². The number of anilines is 1. The van der Waals surface area contributed by atoms with Gasteiger partial charge in [-0.25, -0.2) is 9.97 Å². The SMILES string of the molecule is CC12CC3CC(C1)CC(C(=O)Nc1nccc(Cl)n1)(C3)C2. The van der Waals surface area contributed by atoms with Crippen LogP contribution in [0.2, 0.25) is 5.15 Å². The summed E-state index contributed by atoms with van der Waals surface area (Å²) < 4.78 is 0. The molecule has 4 saturated carbocycles. The predicted octanol–water partition coefficient (Wildman–Crippen LogP) is 3.68. The maximum Gasteiger partial charge on any atom is 0.232 e. The first-order valence-corrected chi connectivity index (χ1v) is 8.14. The molecule has 1 N–H and O–H groups in total. The lowest BCUT2D eigenvalue weighted by Gasteiger charge is -2.60. The van der Waals surface area contributed by atoms with Crippen LogP contribution in [-0.2, 0) is 4.79 Å². The second-order valence-corrected chi connectivity index (χ2v) is 8.10. The van der Waals surface area contributed by atoms with E-state index in [-0.39, 0.29) is 11.3 Å². The quantitative estimate of drug-likeness (QED) is 0.848. The van der Waals surface area contributed by atoms with Crippen LogP contribution in [0.3, 0.4) is 0 Å². The summed E-state index contributed by atoms with van der Waals surface area (Å²) in [7, 11) is 0. The van der Waals surface area contributed by atoms with E-state index in [9.17, 15) is 4.79 Å². The number of amides is 1. The van der Waals surface area contributed by atoms with Crippen molar-refractivity contribution in [1.82, 2.24) is 9.97 Å². The molecule has 0 aliphatic heterocycles. The maximum absolute atomic E-state index is 12.9. The lowest BCUT2D eigenvalue weighted by molar-refractivity contribution is -0.149. The fourth-order valence-corrected chi connectivity index (χ4v) is 5.75. The van der Waals surface area contributed by atoms with Gasteiger partial charge < -0.3 is 0 Å². The molecule has 2 atom stereocenters. The molecule has 5 heteroatoms. The average Bonchev–Trinajstić information content (AvgIpc) is 2.35. The zero-order chi connectivity index (χ0) is 14.7. The molecule has 0 aromatic carbocycles. The van der Waals surface area contributed by atoms with Gasteiger partial charge in [0.2, 0.25) is 11.9 Å². The number of carbonyl (C=O) groups is 1. The Balaban J connectivity index is 1.59. The molecule has 112 valence electrons. The van der Waals surface area contributed by atoms with Gasteiger partial charge in [0.05, 0.1) is 5.41 Å². The smallest absolute Gasteiger partial charge is 0.232 e. The largest absolute Gasteiger partial charge is 0.294 e. The van der Waals surface area contributed by atoms with Gasteiger partial charge in [0, 0.05) is 6.20 Å². The van der Waals surface area contributed by atoms with Gasteiger partial charge in [0.1, 0.15) is 5.15 Å². The van der Waals surface area contributed by atoms with E-state index in [0.29, 0.717) is 16.5 Å². The molecule has 1 aromatic heterocycles. The summed E-state index contributed by atoms with van der Waals surface area (Å²) in [4.78, 5) is 21.1. The summed E-state index contributed by atoms with van der Waals surface area (Å²) in [5.74, 6) is 1.88. The number of hydrogen-bond acceptors (Lipinski definition) is 3. The van der Waals surface area contributed by atoms with Gasteiger partial charge >= 0.3 is 0 Å². The van der Waals surface area contributed by atoms with Crippen LogP contribution in [0.15, 0.2) is 12.3 Å². The molecule has 1 amide bonds. The molecule has 21 heavy (non-hydrogen) atoms. The lowest BCUT2D eigenvalue weighted by Crippen LogP contribution is -2.55. The minimum Gasteiger partial charge on any atom is -0.294 e. The molecule has 4 fully saturated rings. The highest BCUT2D eigenvalue weighted by molar-refractivity contribution is 6.29. The molecule has 0 saturated heterocycles. The molecule has 0 radical (unpaired) electrons. The third kappa shape index (κ3) is 2.24. The Morgan fingerprint density at radius 3 is 2.67 bits per heavy atom. The van der Waals surface area contributed by atoms with Crippen molar-refractivity contribution in [3.63, 3.8) is 0 Å². The van der Waals surface area contributed by atoms with Crippen molar-refractivity contribution < 1.29 is 4.79 Å². The van der Waals surface area contributed by atoms with Crippen molar-refractivity contribution >= 4 is 23.5 Å². The van der Waals surface area contributed by atoms with Crippen molar-refractivity contribution in [3.8, 4) is 0 Å². The monoisotopic (exact) mass is 305 g/mol. The normalized spacial score (nSPS) is 40.3. The summed E-state index contributed by atoms with van der Waals surface area (Å²) >= 11 is 5.87. The number of nitrogens with zero attached hydrogens (tertiary/aromatic N) is 2. The van der Waals surface area contributed by atoms with E-state index in [1.54, 1.807) is 12.3 Å². The van der Waals surface area contributed by atoms with Gasteiger partial charge in [0.15, 0.2) is 0 Å². The predicted molar refractivity (Wildman–Crippen MR) is 80.9 cm³/mol. The Labute approximate surface area is 129 Å². The highest BCUT2D eigenvalue weighted by Crippen LogP contribution is 2.65. The first-order valence-electron chi connectivity index (χ1n) is 7.76. The van der Waals surface area contributed by atoms with Gasteiger partial charge in [-0.3, -0.25) is 10.1 Å². The Morgan fingerprint density at radius 2 is 2.05 bits per heavy atom. The number of aromatic nitrogens is 2. The molecular weight excluding hydrogens is 286 g/mol. The van der Waals surface area contributed by atoms with Crippen LogP contribution in [0.5, 0.6) is 0 Å². The topological polar surface area (TPSA) is 54.9 Å². The second-order valence-electron chi connectivity index (χ2n) is 7.71. The van der Waals surface area contributed by atoms with Gasteiger partial charge in [0.25, 0.3) is 0 Å². The van der Waals surface area contributed by atoms with Crippen LogP contribution in [-0.4, -0.2) is 15.9 Å². The van der Waals surface area contributed by atoms with Crippen LogP contribution in [0.1, 0.15) is 45.4 Å². The molecule has 0 spiro atoms. The first-order chi connectivity index (χ1) is 9.96. The van der Waals surface area contributed by atoms with E-state index in [0.717, 1.165) is 31.1 Å². The van der Waals surface area contributed by atoms with Crippen LogP contribution in [0.4, 0.5) is 5.95 Å². The number of halogens is 1. The van der Waals surface area contributed by atoms with Crippen LogP contribution >= 0.6 is 11.6 Å². The first kappa shape index (κ1) is 13.5. The van der Waals surface area contributed by atoms with Gasteiger partial charge in [-0.2, -0.15) is 0 Å². The summed E-state index contributed by atoms with van der Waals surface area (Å²) in [5, 5.41) is 3.27. The van der Waals surface area contributed by atoms with Crippen molar-refractivity contribution in [2.24, 2.45) is 22.7 Å². The molecule has 1 heterocycles. The number of rotatable bonds is 2. The van der Waals surface area contributed by atoms with Crippen LogP contribution < -0.4 is 5.32 Å².